The maximum Gasteiger partial charge on any atom is 0.441 e. The molecule has 0 radical (unpaired) electrons. The molecule has 0 aliphatic heterocycles. The second-order valence-corrected chi connectivity index (χ2v) is 4.60. The van der Waals surface area contributed by atoms with E-state index in [-0.39, 0.29) is 29.9 Å². The maximum absolute atomic E-state index is 11.8. The van der Waals surface area contributed by atoms with Gasteiger partial charge in [-0.2, -0.15) is 13.2 Å². The van der Waals surface area contributed by atoms with Crippen LogP contribution < -0.4 is 4.74 Å². The second-order valence-electron chi connectivity index (χ2n) is 3.44. The van der Waals surface area contributed by atoms with Crippen LogP contribution in [0, 0.1) is 0 Å². The number of rotatable bonds is 6. The van der Waals surface area contributed by atoms with Gasteiger partial charge in [-0.15, -0.1) is 0 Å². The molecule has 0 N–H and O–H groups in total. The fourth-order valence-electron chi connectivity index (χ4n) is 1.26. The number of Topliss-reactive ketones (excluding diaryl/α,β-unsaturated/α-hetero) is 1. The molecule has 18 heavy (non-hydrogen) atoms. The molecule has 0 aromatic heterocycles. The summed E-state index contributed by atoms with van der Waals surface area (Å²) in [5.74, 6) is 0.332. The number of carbonyl (C=O) groups excluding carboxylic acids is 1. The van der Waals surface area contributed by atoms with E-state index < -0.39 is 5.51 Å². The predicted molar refractivity (Wildman–Crippen MR) is 65.1 cm³/mol. The van der Waals surface area contributed by atoms with Crippen LogP contribution in [0.4, 0.5) is 13.2 Å². The van der Waals surface area contributed by atoms with Gasteiger partial charge in [0.05, 0.1) is 6.61 Å². The zero-order chi connectivity index (χ0) is 13.6. The third-order valence-corrected chi connectivity index (χ3v) is 2.81. The zero-order valence-corrected chi connectivity index (χ0v) is 10.6. The number of hydrogen-bond acceptors (Lipinski definition) is 3. The number of ether oxygens (including phenoxy) is 1. The number of benzene rings is 1. The Balaban J connectivity index is 2.38. The molecule has 6 heteroatoms. The lowest BCUT2D eigenvalue weighted by Gasteiger charge is -2.08. The van der Waals surface area contributed by atoms with E-state index in [1.54, 1.807) is 31.2 Å². The van der Waals surface area contributed by atoms with Crippen LogP contribution in [0.25, 0.3) is 0 Å². The Morgan fingerprint density at radius 2 is 1.89 bits per heavy atom. The quantitative estimate of drug-likeness (QED) is 0.583. The lowest BCUT2D eigenvalue weighted by molar-refractivity contribution is -0.0329. The zero-order valence-electron chi connectivity index (χ0n) is 9.79. The van der Waals surface area contributed by atoms with E-state index in [9.17, 15) is 18.0 Å². The van der Waals surface area contributed by atoms with Crippen molar-refractivity contribution in [1.29, 1.82) is 0 Å². The van der Waals surface area contributed by atoms with E-state index in [0.29, 0.717) is 17.7 Å². The SMILES string of the molecule is CCC(=O)c1ccc(OCCSC(F)(F)F)cc1. The smallest absolute Gasteiger partial charge is 0.441 e. The molecule has 1 aromatic rings. The van der Waals surface area contributed by atoms with Gasteiger partial charge in [-0.3, -0.25) is 4.79 Å². The number of carbonyl (C=O) groups is 1. The molecular formula is C12H13F3O2S. The van der Waals surface area contributed by atoms with Crippen molar-refractivity contribution in [3.63, 3.8) is 0 Å². The fourth-order valence-corrected chi connectivity index (χ4v) is 1.66. The third-order valence-electron chi connectivity index (χ3n) is 2.12. The van der Waals surface area contributed by atoms with E-state index in [4.69, 9.17) is 4.74 Å². The summed E-state index contributed by atoms with van der Waals surface area (Å²) in [6.07, 6.45) is 0.419. The highest BCUT2D eigenvalue weighted by atomic mass is 32.2. The van der Waals surface area contributed by atoms with Crippen molar-refractivity contribution in [3.8, 4) is 5.75 Å². The standard InChI is InChI=1S/C12H13F3O2S/c1-2-11(16)9-3-5-10(6-4-9)17-7-8-18-12(13,14)15/h3-6H,2,7-8H2,1H3. The summed E-state index contributed by atoms with van der Waals surface area (Å²) in [5, 5.41) is 0. The van der Waals surface area contributed by atoms with Crippen LogP contribution in [-0.4, -0.2) is 23.7 Å². The van der Waals surface area contributed by atoms with E-state index >= 15 is 0 Å². The first-order valence-corrected chi connectivity index (χ1v) is 6.37. The van der Waals surface area contributed by atoms with E-state index in [1.807, 2.05) is 0 Å². The van der Waals surface area contributed by atoms with Gasteiger partial charge >= 0.3 is 5.51 Å². The molecule has 0 aliphatic carbocycles. The van der Waals surface area contributed by atoms with Crippen molar-refractivity contribution < 1.29 is 22.7 Å². The summed E-state index contributed by atoms with van der Waals surface area (Å²) in [6.45, 7) is 1.74. The van der Waals surface area contributed by atoms with Crippen molar-refractivity contribution in [2.75, 3.05) is 12.4 Å². The Morgan fingerprint density at radius 3 is 2.39 bits per heavy atom. The van der Waals surface area contributed by atoms with E-state index in [0.717, 1.165) is 0 Å². The minimum Gasteiger partial charge on any atom is -0.493 e. The molecule has 1 aromatic carbocycles. The summed E-state index contributed by atoms with van der Waals surface area (Å²) >= 11 is -0.115. The highest BCUT2D eigenvalue weighted by Gasteiger charge is 2.27. The number of halogens is 3. The largest absolute Gasteiger partial charge is 0.493 e. The van der Waals surface area contributed by atoms with Crippen molar-refractivity contribution in [2.45, 2.75) is 18.9 Å². The summed E-state index contributed by atoms with van der Waals surface area (Å²) in [5.41, 5.74) is -3.64. The highest BCUT2D eigenvalue weighted by molar-refractivity contribution is 8.00. The van der Waals surface area contributed by atoms with Gasteiger partial charge in [-0.1, -0.05) is 6.92 Å². The Hall–Kier alpha value is -1.17. The van der Waals surface area contributed by atoms with E-state index in [1.165, 1.54) is 0 Å². The third kappa shape index (κ3) is 5.44. The average molecular weight is 278 g/mol. The van der Waals surface area contributed by atoms with Gasteiger partial charge < -0.3 is 4.74 Å². The first kappa shape index (κ1) is 14.9. The number of alkyl halides is 3. The van der Waals surface area contributed by atoms with Crippen molar-refractivity contribution in [3.05, 3.63) is 29.8 Å². The summed E-state index contributed by atoms with van der Waals surface area (Å²) < 4.78 is 40.6. The molecule has 0 atom stereocenters. The van der Waals surface area contributed by atoms with Crippen LogP contribution in [0.1, 0.15) is 23.7 Å². The lowest BCUT2D eigenvalue weighted by Crippen LogP contribution is -2.07. The van der Waals surface area contributed by atoms with Gasteiger partial charge in [0.1, 0.15) is 5.75 Å². The summed E-state index contributed by atoms with van der Waals surface area (Å²) in [7, 11) is 0. The normalized spacial score (nSPS) is 11.3. The van der Waals surface area contributed by atoms with Crippen molar-refractivity contribution >= 4 is 17.5 Å². The second kappa shape index (κ2) is 6.68. The van der Waals surface area contributed by atoms with Crippen LogP contribution in [0.15, 0.2) is 24.3 Å². The summed E-state index contributed by atoms with van der Waals surface area (Å²) in [6, 6.07) is 6.39. The molecule has 0 heterocycles. The van der Waals surface area contributed by atoms with Gasteiger partial charge in [0, 0.05) is 17.7 Å². The lowest BCUT2D eigenvalue weighted by atomic mass is 10.1. The Labute approximate surface area is 108 Å². The monoisotopic (exact) mass is 278 g/mol. The van der Waals surface area contributed by atoms with Crippen LogP contribution in [0.2, 0.25) is 0 Å². The number of hydrogen-bond donors (Lipinski definition) is 0. The average Bonchev–Trinajstić information content (AvgIpc) is 2.33. The minimum atomic E-state index is -4.22. The number of thioether (sulfide) groups is 1. The van der Waals surface area contributed by atoms with E-state index in [2.05, 4.69) is 0 Å². The molecule has 1 rings (SSSR count). The minimum absolute atomic E-state index is 0.0224. The Bertz CT molecular complexity index is 387. The first-order valence-electron chi connectivity index (χ1n) is 5.39. The van der Waals surface area contributed by atoms with Gasteiger partial charge in [0.25, 0.3) is 0 Å². The highest BCUT2D eigenvalue weighted by Crippen LogP contribution is 2.29. The molecule has 0 bridgehead atoms. The topological polar surface area (TPSA) is 26.3 Å². The van der Waals surface area contributed by atoms with Gasteiger partial charge in [-0.25, -0.2) is 0 Å². The Morgan fingerprint density at radius 1 is 1.28 bits per heavy atom. The predicted octanol–water partition coefficient (Wildman–Crippen LogP) is 3.91. The van der Waals surface area contributed by atoms with Crippen LogP contribution in [-0.2, 0) is 0 Å². The van der Waals surface area contributed by atoms with Crippen LogP contribution in [0.5, 0.6) is 5.75 Å². The van der Waals surface area contributed by atoms with Crippen LogP contribution in [0.3, 0.4) is 0 Å². The Kier molecular flexibility index (Phi) is 5.53. The van der Waals surface area contributed by atoms with Crippen molar-refractivity contribution in [2.24, 2.45) is 0 Å². The van der Waals surface area contributed by atoms with Crippen molar-refractivity contribution in [1.82, 2.24) is 0 Å². The maximum atomic E-state index is 11.8. The van der Waals surface area contributed by atoms with Gasteiger partial charge in [-0.05, 0) is 36.0 Å². The molecule has 2 nitrogen and oxygen atoms in total. The van der Waals surface area contributed by atoms with Crippen LogP contribution >= 0.6 is 11.8 Å². The molecule has 0 aliphatic rings. The van der Waals surface area contributed by atoms with Gasteiger partial charge in [0.2, 0.25) is 0 Å². The fraction of sp³-hybridized carbons (Fsp3) is 0.417. The molecule has 0 saturated carbocycles. The molecule has 0 amide bonds. The molecular weight excluding hydrogens is 265 g/mol. The molecule has 100 valence electrons. The number of ketones is 1. The molecule has 0 fully saturated rings. The molecule has 0 unspecified atom stereocenters. The van der Waals surface area contributed by atoms with Gasteiger partial charge in [0.15, 0.2) is 5.78 Å². The summed E-state index contributed by atoms with van der Waals surface area (Å²) in [4.78, 5) is 11.3. The molecule has 0 saturated heterocycles. The molecule has 0 spiro atoms. The first-order chi connectivity index (χ1) is 8.42.